The molecule has 0 fully saturated rings. The topological polar surface area (TPSA) is 78.9 Å². The number of rotatable bonds is 39. The Kier molecular flexibility index (Phi) is 43.2. The Morgan fingerprint density at radius 3 is 1.24 bits per heavy atom. The molecule has 0 aliphatic heterocycles. The molecule has 6 nitrogen and oxygen atoms in total. The van der Waals surface area contributed by atoms with Crippen molar-refractivity contribution in [3.05, 3.63) is 122 Å². The van der Waals surface area contributed by atoms with Gasteiger partial charge in [0, 0.05) is 19.3 Å². The molecule has 0 spiro atoms. The van der Waals surface area contributed by atoms with Gasteiger partial charge in [-0.25, -0.2) is 0 Å². The molecule has 0 saturated heterocycles. The fourth-order valence-corrected chi connectivity index (χ4v) is 5.64. The summed E-state index contributed by atoms with van der Waals surface area (Å²) in [4.78, 5) is 37.8. The minimum absolute atomic E-state index is 0.121. The zero-order chi connectivity index (χ0) is 43.0. The lowest BCUT2D eigenvalue weighted by Gasteiger charge is -2.18. The van der Waals surface area contributed by atoms with Crippen LogP contribution in [-0.4, -0.2) is 37.2 Å². The van der Waals surface area contributed by atoms with Gasteiger partial charge in [-0.1, -0.05) is 181 Å². The number of allylic oxidation sites excluding steroid dienone is 20. The van der Waals surface area contributed by atoms with Crippen LogP contribution in [0.5, 0.6) is 0 Å². The molecule has 0 amide bonds. The molecule has 0 bridgehead atoms. The van der Waals surface area contributed by atoms with Crippen molar-refractivity contribution in [3.8, 4) is 0 Å². The molecule has 0 heterocycles. The molecule has 0 aliphatic rings. The van der Waals surface area contributed by atoms with Gasteiger partial charge < -0.3 is 14.2 Å². The third kappa shape index (κ3) is 44.8. The summed E-state index contributed by atoms with van der Waals surface area (Å²) < 4.78 is 16.6. The predicted octanol–water partition coefficient (Wildman–Crippen LogP) is 15.0. The minimum Gasteiger partial charge on any atom is -0.462 e. The highest BCUT2D eigenvalue weighted by Gasteiger charge is 2.19. The highest BCUT2D eigenvalue weighted by atomic mass is 16.6. The van der Waals surface area contributed by atoms with Gasteiger partial charge in [0.2, 0.25) is 0 Å². The number of ether oxygens (including phenoxy) is 3. The molecular formula is C53H82O6. The number of hydrogen-bond acceptors (Lipinski definition) is 6. The van der Waals surface area contributed by atoms with E-state index in [2.05, 4.69) is 124 Å². The van der Waals surface area contributed by atoms with Gasteiger partial charge in [0.15, 0.2) is 6.10 Å². The zero-order valence-electron chi connectivity index (χ0n) is 37.5. The van der Waals surface area contributed by atoms with Crippen LogP contribution in [0.3, 0.4) is 0 Å². The van der Waals surface area contributed by atoms with E-state index in [9.17, 15) is 14.4 Å². The van der Waals surface area contributed by atoms with Gasteiger partial charge in [-0.3, -0.25) is 14.4 Å². The third-order valence-electron chi connectivity index (χ3n) is 9.02. The molecule has 0 N–H and O–H groups in total. The Hall–Kier alpha value is -4.19. The summed E-state index contributed by atoms with van der Waals surface area (Å²) in [6.45, 7) is 6.15. The van der Waals surface area contributed by atoms with E-state index in [0.717, 1.165) is 128 Å². The van der Waals surface area contributed by atoms with E-state index in [1.165, 1.54) is 0 Å². The maximum absolute atomic E-state index is 12.7. The summed E-state index contributed by atoms with van der Waals surface area (Å²) >= 11 is 0. The second-order valence-electron chi connectivity index (χ2n) is 14.6. The molecular weight excluding hydrogens is 733 g/mol. The largest absolute Gasteiger partial charge is 0.462 e. The maximum Gasteiger partial charge on any atom is 0.306 e. The molecule has 0 saturated carbocycles. The second kappa shape index (κ2) is 46.5. The fourth-order valence-electron chi connectivity index (χ4n) is 5.64. The number of carbonyl (C=O) groups is 3. The van der Waals surface area contributed by atoms with Crippen molar-refractivity contribution in [1.82, 2.24) is 0 Å². The molecule has 0 aromatic heterocycles. The van der Waals surface area contributed by atoms with Crippen molar-refractivity contribution >= 4 is 17.9 Å². The van der Waals surface area contributed by atoms with Crippen LogP contribution < -0.4 is 0 Å². The van der Waals surface area contributed by atoms with E-state index in [1.807, 2.05) is 18.2 Å². The van der Waals surface area contributed by atoms with Crippen LogP contribution in [0.25, 0.3) is 0 Å². The lowest BCUT2D eigenvalue weighted by Crippen LogP contribution is -2.30. The predicted molar refractivity (Wildman–Crippen MR) is 251 cm³/mol. The Balaban J connectivity index is 4.57. The normalized spacial score (nSPS) is 13.2. The average molecular weight is 815 g/mol. The summed E-state index contributed by atoms with van der Waals surface area (Å²) in [7, 11) is 0. The number of esters is 3. The van der Waals surface area contributed by atoms with E-state index in [4.69, 9.17) is 14.2 Å². The Morgan fingerprint density at radius 2 is 0.729 bits per heavy atom. The smallest absolute Gasteiger partial charge is 0.306 e. The summed E-state index contributed by atoms with van der Waals surface area (Å²) in [5.74, 6) is -1.06. The van der Waals surface area contributed by atoms with Gasteiger partial charge in [0.25, 0.3) is 0 Å². The molecule has 1 unspecified atom stereocenters. The lowest BCUT2D eigenvalue weighted by atomic mass is 10.1. The number of hydrogen-bond donors (Lipinski definition) is 0. The summed E-state index contributed by atoms with van der Waals surface area (Å²) in [5.41, 5.74) is 0. The van der Waals surface area contributed by atoms with E-state index in [1.54, 1.807) is 0 Å². The van der Waals surface area contributed by atoms with Crippen LogP contribution >= 0.6 is 0 Å². The quantitative estimate of drug-likeness (QED) is 0.0202. The van der Waals surface area contributed by atoms with Crippen LogP contribution in [-0.2, 0) is 28.6 Å². The monoisotopic (exact) mass is 815 g/mol. The SMILES string of the molecule is CC\C=C/C=C\C=C/CCCCCCCC(=O)OC(COC(=O)CC/C=C\C/C=C\C/C=C\C/C=C\C/C=C\CC)COC(=O)CCCCCCC/C=C\C/C=C\CC. The highest BCUT2D eigenvalue weighted by molar-refractivity contribution is 5.71. The standard InChI is InChI=1S/C53H82O6/c1-4-7-10-13-16-19-22-25-26-27-29-31-34-37-40-43-46-52(55)58-49-50(48-57-51(54)45-42-39-36-33-30-24-21-18-15-12-9-6-3)59-53(56)47-44-41-38-35-32-28-23-20-17-14-11-8-5-2/h7-12,14,16-21,23,25-26,29,31,37,40,50H,4-6,13,15,22,24,27-28,30,32-36,38-39,41-49H2,1-3H3/b10-7-,11-8-,12-9-,17-14-,19-16-,21-18-,23-20-,26-25-,31-29-,40-37-. The maximum atomic E-state index is 12.7. The summed E-state index contributed by atoms with van der Waals surface area (Å²) in [6, 6.07) is 0. The fraction of sp³-hybridized carbons (Fsp3) is 0.566. The first-order valence-corrected chi connectivity index (χ1v) is 23.1. The Morgan fingerprint density at radius 1 is 0.356 bits per heavy atom. The van der Waals surface area contributed by atoms with Crippen LogP contribution in [0.4, 0.5) is 0 Å². The second-order valence-corrected chi connectivity index (χ2v) is 14.6. The molecule has 0 aliphatic carbocycles. The third-order valence-corrected chi connectivity index (χ3v) is 9.02. The Bertz CT molecular complexity index is 1300. The first-order chi connectivity index (χ1) is 29.0. The molecule has 59 heavy (non-hydrogen) atoms. The van der Waals surface area contributed by atoms with E-state index < -0.39 is 6.10 Å². The molecule has 0 aromatic rings. The minimum atomic E-state index is -0.826. The molecule has 0 radical (unpaired) electrons. The van der Waals surface area contributed by atoms with E-state index >= 15 is 0 Å². The average Bonchev–Trinajstić information content (AvgIpc) is 3.23. The van der Waals surface area contributed by atoms with Crippen molar-refractivity contribution in [3.63, 3.8) is 0 Å². The van der Waals surface area contributed by atoms with Crippen molar-refractivity contribution < 1.29 is 28.6 Å². The summed E-state index contributed by atoms with van der Waals surface area (Å²) in [5, 5.41) is 0. The molecule has 0 rings (SSSR count). The van der Waals surface area contributed by atoms with Crippen LogP contribution in [0.1, 0.15) is 175 Å². The van der Waals surface area contributed by atoms with Gasteiger partial charge in [-0.15, -0.1) is 0 Å². The highest BCUT2D eigenvalue weighted by Crippen LogP contribution is 2.12. The zero-order valence-corrected chi connectivity index (χ0v) is 37.5. The number of unbranched alkanes of at least 4 members (excludes halogenated alkanes) is 10. The molecule has 330 valence electrons. The van der Waals surface area contributed by atoms with Crippen LogP contribution in [0, 0.1) is 0 Å². The van der Waals surface area contributed by atoms with Crippen LogP contribution in [0.15, 0.2) is 122 Å². The van der Waals surface area contributed by atoms with Crippen molar-refractivity contribution in [1.29, 1.82) is 0 Å². The van der Waals surface area contributed by atoms with Gasteiger partial charge in [0.1, 0.15) is 13.2 Å². The molecule has 0 aromatic carbocycles. The van der Waals surface area contributed by atoms with Gasteiger partial charge in [-0.05, 0) is 96.3 Å². The van der Waals surface area contributed by atoms with Crippen molar-refractivity contribution in [2.75, 3.05) is 13.2 Å². The van der Waals surface area contributed by atoms with Gasteiger partial charge in [-0.2, -0.15) is 0 Å². The van der Waals surface area contributed by atoms with E-state index in [0.29, 0.717) is 12.8 Å². The first-order valence-electron chi connectivity index (χ1n) is 23.1. The van der Waals surface area contributed by atoms with Gasteiger partial charge in [0.05, 0.1) is 0 Å². The summed E-state index contributed by atoms with van der Waals surface area (Å²) in [6.07, 6.45) is 63.4. The Labute approximate surface area is 361 Å². The first kappa shape index (κ1) is 54.8. The molecule has 6 heteroatoms. The number of carbonyl (C=O) groups excluding carboxylic acids is 3. The van der Waals surface area contributed by atoms with Crippen LogP contribution in [0.2, 0.25) is 0 Å². The van der Waals surface area contributed by atoms with Crippen molar-refractivity contribution in [2.24, 2.45) is 0 Å². The van der Waals surface area contributed by atoms with Gasteiger partial charge >= 0.3 is 17.9 Å². The van der Waals surface area contributed by atoms with Crippen molar-refractivity contribution in [2.45, 2.75) is 181 Å². The molecule has 1 atom stereocenters. The van der Waals surface area contributed by atoms with E-state index in [-0.39, 0.29) is 44.0 Å². The lowest BCUT2D eigenvalue weighted by molar-refractivity contribution is -0.166.